The van der Waals surface area contributed by atoms with Gasteiger partial charge in [0.2, 0.25) is 18.6 Å². The number of nitrogens with zero attached hydrogens (tertiary/aromatic N) is 5. The number of amides is 2. The van der Waals surface area contributed by atoms with E-state index >= 15 is 0 Å². The summed E-state index contributed by atoms with van der Waals surface area (Å²) in [5, 5.41) is 14.1. The van der Waals surface area contributed by atoms with Gasteiger partial charge in [-0.3, -0.25) is 9.59 Å². The number of para-hydroxylation sites is 1. The number of carbonyl (C=O) groups is 2. The molecule has 3 aromatic carbocycles. The first-order chi connectivity index (χ1) is 19.9. The second kappa shape index (κ2) is 11.0. The Labute approximate surface area is 240 Å². The van der Waals surface area contributed by atoms with Crippen LogP contribution in [0.4, 0.5) is 5.69 Å². The molecule has 2 amide bonds. The number of nitrogens with one attached hydrogen (secondary N) is 1. The zero-order valence-corrected chi connectivity index (χ0v) is 23.4. The van der Waals surface area contributed by atoms with Crippen LogP contribution in [-0.4, -0.2) is 49.0 Å². The second-order valence-electron chi connectivity index (χ2n) is 9.86. The number of carbonyl (C=O) groups excluding carboxylic acids is 2. The van der Waals surface area contributed by atoms with Crippen molar-refractivity contribution in [1.29, 1.82) is 0 Å². The number of rotatable bonds is 9. The average Bonchev–Trinajstić information content (AvgIpc) is 3.76. The van der Waals surface area contributed by atoms with Crippen LogP contribution in [0.2, 0.25) is 0 Å². The lowest BCUT2D eigenvalue weighted by molar-refractivity contribution is -0.146. The molecular weight excluding hydrogens is 540 g/mol. The molecule has 1 aliphatic rings. The number of hydrogen-bond acceptors (Lipinski definition) is 8. The summed E-state index contributed by atoms with van der Waals surface area (Å²) in [5.74, 6) is 0.581. The van der Waals surface area contributed by atoms with Crippen LogP contribution in [0.1, 0.15) is 25.3 Å². The number of ether oxygens (including phenoxy) is 2. The number of hydrogen-bond donors (Lipinski definition) is 1. The Morgan fingerprint density at radius 2 is 1.83 bits per heavy atom. The van der Waals surface area contributed by atoms with Crippen molar-refractivity contribution in [2.45, 2.75) is 38.9 Å². The van der Waals surface area contributed by atoms with Gasteiger partial charge in [0.15, 0.2) is 11.5 Å². The van der Waals surface area contributed by atoms with Gasteiger partial charge in [-0.15, -0.1) is 16.4 Å². The molecule has 3 heterocycles. The highest BCUT2D eigenvalue weighted by Gasteiger charge is 2.41. The van der Waals surface area contributed by atoms with E-state index in [4.69, 9.17) is 14.5 Å². The van der Waals surface area contributed by atoms with E-state index in [0.29, 0.717) is 29.1 Å². The summed E-state index contributed by atoms with van der Waals surface area (Å²) in [6.07, 6.45) is 0.365. The van der Waals surface area contributed by atoms with Crippen molar-refractivity contribution in [3.63, 3.8) is 0 Å². The first-order valence-electron chi connectivity index (χ1n) is 13.2. The van der Waals surface area contributed by atoms with Crippen molar-refractivity contribution in [1.82, 2.24) is 24.9 Å². The van der Waals surface area contributed by atoms with Crippen LogP contribution < -0.4 is 14.8 Å². The third-order valence-electron chi connectivity index (χ3n) is 7.32. The number of anilines is 1. The van der Waals surface area contributed by atoms with Crippen molar-refractivity contribution in [2.24, 2.45) is 0 Å². The van der Waals surface area contributed by atoms with E-state index in [9.17, 15) is 9.59 Å². The predicted octanol–water partition coefficient (Wildman–Crippen LogP) is 5.12. The van der Waals surface area contributed by atoms with Crippen molar-refractivity contribution < 1.29 is 19.1 Å². The van der Waals surface area contributed by atoms with Gasteiger partial charge in [-0.1, -0.05) is 54.6 Å². The fourth-order valence-corrected chi connectivity index (χ4v) is 5.55. The minimum atomic E-state index is -1.21. The van der Waals surface area contributed by atoms with Crippen LogP contribution in [0.5, 0.6) is 11.5 Å². The molecule has 1 N–H and O–H groups in total. The lowest BCUT2D eigenvalue weighted by atomic mass is 9.94. The molecule has 41 heavy (non-hydrogen) atoms. The monoisotopic (exact) mass is 568 g/mol. The number of aromatic nitrogens is 4. The smallest absolute Gasteiger partial charge is 0.250 e. The highest BCUT2D eigenvalue weighted by Crippen LogP contribution is 2.35. The lowest BCUT2D eigenvalue weighted by Crippen LogP contribution is -2.57. The SMILES string of the molecule is CCC(C)(C(=O)Nc1ccc2c(c1)OCO2)N(Cc1nc(-c2ccccc2)cs1)C(=O)Cn1nnc2ccccc21. The van der Waals surface area contributed by atoms with Crippen LogP contribution in [0, 0.1) is 0 Å². The maximum Gasteiger partial charge on any atom is 0.250 e. The van der Waals surface area contributed by atoms with Gasteiger partial charge in [0.05, 0.1) is 17.8 Å². The first-order valence-corrected chi connectivity index (χ1v) is 14.1. The van der Waals surface area contributed by atoms with Crippen molar-refractivity contribution in [2.75, 3.05) is 12.1 Å². The van der Waals surface area contributed by atoms with Gasteiger partial charge in [0.25, 0.3) is 0 Å². The van der Waals surface area contributed by atoms with E-state index < -0.39 is 5.54 Å². The quantitative estimate of drug-likeness (QED) is 0.263. The molecular formula is C30H28N6O4S. The zero-order chi connectivity index (χ0) is 28.4. The van der Waals surface area contributed by atoms with Crippen LogP contribution in [0.15, 0.2) is 78.2 Å². The minimum absolute atomic E-state index is 0.0790. The fourth-order valence-electron chi connectivity index (χ4n) is 4.76. The molecule has 0 radical (unpaired) electrons. The Morgan fingerprint density at radius 3 is 2.66 bits per heavy atom. The molecule has 208 valence electrons. The average molecular weight is 569 g/mol. The molecule has 11 heteroatoms. The topological polar surface area (TPSA) is 111 Å². The summed E-state index contributed by atoms with van der Waals surface area (Å²) >= 11 is 1.45. The summed E-state index contributed by atoms with van der Waals surface area (Å²) < 4.78 is 12.4. The van der Waals surface area contributed by atoms with Gasteiger partial charge in [0, 0.05) is 22.7 Å². The van der Waals surface area contributed by atoms with Gasteiger partial charge in [-0.05, 0) is 37.6 Å². The molecule has 10 nitrogen and oxygen atoms in total. The van der Waals surface area contributed by atoms with Gasteiger partial charge in [-0.2, -0.15) is 0 Å². The Bertz CT molecular complexity index is 1720. The number of benzene rings is 3. The van der Waals surface area contributed by atoms with Crippen LogP contribution in [0.25, 0.3) is 22.3 Å². The van der Waals surface area contributed by atoms with Gasteiger partial charge < -0.3 is 19.7 Å². The molecule has 0 fully saturated rings. The van der Waals surface area contributed by atoms with E-state index in [1.54, 1.807) is 34.7 Å². The predicted molar refractivity (Wildman–Crippen MR) is 156 cm³/mol. The zero-order valence-electron chi connectivity index (χ0n) is 22.6. The fraction of sp³-hybridized carbons (Fsp3) is 0.233. The largest absolute Gasteiger partial charge is 0.454 e. The summed E-state index contributed by atoms with van der Waals surface area (Å²) in [5.41, 5.74) is 2.59. The molecule has 6 rings (SSSR count). The van der Waals surface area contributed by atoms with E-state index in [1.807, 2.05) is 66.9 Å². The van der Waals surface area contributed by atoms with E-state index in [0.717, 1.165) is 21.8 Å². The molecule has 1 unspecified atom stereocenters. The summed E-state index contributed by atoms with van der Waals surface area (Å²) in [6, 6.07) is 22.5. The Kier molecular flexibility index (Phi) is 7.10. The third kappa shape index (κ3) is 5.23. The van der Waals surface area contributed by atoms with Crippen molar-refractivity contribution in [3.8, 4) is 22.8 Å². The van der Waals surface area contributed by atoms with Crippen molar-refractivity contribution in [3.05, 3.63) is 83.2 Å². The second-order valence-corrected chi connectivity index (χ2v) is 10.8. The van der Waals surface area contributed by atoms with E-state index in [2.05, 4.69) is 15.6 Å². The molecule has 0 aliphatic carbocycles. The Hall–Kier alpha value is -4.77. The molecule has 1 aliphatic heterocycles. The van der Waals surface area contributed by atoms with Crippen molar-refractivity contribution >= 4 is 39.9 Å². The van der Waals surface area contributed by atoms with E-state index in [1.165, 1.54) is 11.3 Å². The minimum Gasteiger partial charge on any atom is -0.454 e. The maximum atomic E-state index is 14.0. The van der Waals surface area contributed by atoms with Crippen LogP contribution in [-0.2, 0) is 22.7 Å². The molecule has 0 saturated carbocycles. The summed E-state index contributed by atoms with van der Waals surface area (Å²) in [6.45, 7) is 3.88. The molecule has 0 spiro atoms. The van der Waals surface area contributed by atoms with Gasteiger partial charge >= 0.3 is 0 Å². The standard InChI is InChI=1S/C30H28N6O4S/c1-3-30(2,29(38)31-21-13-14-25-26(15-21)40-19-39-25)35(16-27-32-23(18-41-27)20-9-5-4-6-10-20)28(37)17-36-24-12-8-7-11-22(24)33-34-36/h4-15,18H,3,16-17,19H2,1-2H3,(H,31,38). The Balaban J connectivity index is 1.31. The summed E-state index contributed by atoms with van der Waals surface area (Å²) in [7, 11) is 0. The molecule has 2 aromatic heterocycles. The number of thiazole rings is 1. The van der Waals surface area contributed by atoms with Crippen LogP contribution in [0.3, 0.4) is 0 Å². The number of fused-ring (bicyclic) bond motifs is 2. The summed E-state index contributed by atoms with van der Waals surface area (Å²) in [4.78, 5) is 34.4. The third-order valence-corrected chi connectivity index (χ3v) is 8.16. The highest BCUT2D eigenvalue weighted by atomic mass is 32.1. The normalized spacial score (nSPS) is 13.6. The molecule has 1 atom stereocenters. The van der Waals surface area contributed by atoms with Gasteiger partial charge in [0.1, 0.15) is 22.6 Å². The lowest BCUT2D eigenvalue weighted by Gasteiger charge is -2.39. The van der Waals surface area contributed by atoms with E-state index in [-0.39, 0.29) is 31.7 Å². The first kappa shape index (κ1) is 26.5. The maximum absolute atomic E-state index is 14.0. The Morgan fingerprint density at radius 1 is 1.05 bits per heavy atom. The van der Waals surface area contributed by atoms with Crippen LogP contribution >= 0.6 is 11.3 Å². The molecule has 0 bridgehead atoms. The van der Waals surface area contributed by atoms with Gasteiger partial charge in [-0.25, -0.2) is 9.67 Å². The molecule has 5 aromatic rings. The molecule has 0 saturated heterocycles. The highest BCUT2D eigenvalue weighted by molar-refractivity contribution is 7.09.